The molecule has 5 nitrogen and oxygen atoms in total. The number of alkyl halides is 2. The fourth-order valence-electron chi connectivity index (χ4n) is 2.29. The summed E-state index contributed by atoms with van der Waals surface area (Å²) in [6.45, 7) is 5.05. The van der Waals surface area contributed by atoms with Gasteiger partial charge < -0.3 is 14.8 Å². The van der Waals surface area contributed by atoms with Crippen molar-refractivity contribution in [1.29, 1.82) is 0 Å². The number of rotatable bonds is 4. The molecule has 0 radical (unpaired) electrons. The third-order valence-electron chi connectivity index (χ3n) is 3.69. The largest absolute Gasteiger partial charge is 0.586 e. The number of ether oxygens (including phenoxy) is 2. The van der Waals surface area contributed by atoms with Crippen LogP contribution in [0.1, 0.15) is 6.92 Å². The number of halogens is 4. The van der Waals surface area contributed by atoms with Gasteiger partial charge in [-0.1, -0.05) is 35.9 Å². The maximum atomic E-state index is 13.2. The van der Waals surface area contributed by atoms with E-state index in [-0.39, 0.29) is 32.9 Å². The fourth-order valence-corrected chi connectivity index (χ4v) is 2.64. The van der Waals surface area contributed by atoms with Crippen molar-refractivity contribution in [2.24, 2.45) is 0 Å². The van der Waals surface area contributed by atoms with Crippen molar-refractivity contribution >= 4 is 34.9 Å². The Morgan fingerprint density at radius 1 is 1.30 bits per heavy atom. The Kier molecular flexibility index (Phi) is 5.08. The molecule has 0 spiro atoms. The SMILES string of the molecule is C=C/C(Cl)=C(\C)C(=O)Nc1ccc(-c2cc3c(cc2Cl)OC(F)(F)O3)cn1. The van der Waals surface area contributed by atoms with Gasteiger partial charge in [0.2, 0.25) is 0 Å². The van der Waals surface area contributed by atoms with E-state index >= 15 is 0 Å². The average Bonchev–Trinajstić information content (AvgIpc) is 2.93. The highest BCUT2D eigenvalue weighted by Gasteiger charge is 2.43. The number of fused-ring (bicyclic) bond motifs is 1. The Balaban J connectivity index is 1.83. The first kappa shape index (κ1) is 19.1. The van der Waals surface area contributed by atoms with Gasteiger partial charge in [-0.25, -0.2) is 4.98 Å². The fraction of sp³-hybridized carbons (Fsp3) is 0.111. The molecule has 2 aromatic rings. The minimum atomic E-state index is -3.73. The molecule has 1 aliphatic rings. The number of pyridine rings is 1. The third-order valence-corrected chi connectivity index (χ3v) is 4.44. The normalized spacial score (nSPS) is 15.1. The number of anilines is 1. The first-order chi connectivity index (χ1) is 12.7. The summed E-state index contributed by atoms with van der Waals surface area (Å²) >= 11 is 12.0. The number of amides is 1. The Labute approximate surface area is 163 Å². The Morgan fingerprint density at radius 3 is 2.56 bits per heavy atom. The zero-order valence-electron chi connectivity index (χ0n) is 13.9. The predicted molar refractivity (Wildman–Crippen MR) is 98.3 cm³/mol. The van der Waals surface area contributed by atoms with Crippen molar-refractivity contribution in [2.75, 3.05) is 5.32 Å². The highest BCUT2D eigenvalue weighted by Crippen LogP contribution is 2.45. The molecule has 0 saturated carbocycles. The Hall–Kier alpha value is -2.64. The minimum absolute atomic E-state index is 0.128. The standard InChI is InChI=1S/C18H12Cl2F2N2O3/c1-3-12(19)9(2)17(25)24-16-5-4-10(8-23-16)11-6-14-15(7-13(11)20)27-18(21,22)26-14/h3-8H,1H2,2H3,(H,23,24,25)/b12-9-. The van der Waals surface area contributed by atoms with Gasteiger partial charge in [0.05, 0.1) is 5.02 Å². The van der Waals surface area contributed by atoms with Gasteiger partial charge >= 0.3 is 6.29 Å². The van der Waals surface area contributed by atoms with E-state index in [0.717, 1.165) is 0 Å². The second-order valence-corrected chi connectivity index (χ2v) is 6.32. The van der Waals surface area contributed by atoms with Crippen molar-refractivity contribution in [3.63, 3.8) is 0 Å². The van der Waals surface area contributed by atoms with Crippen molar-refractivity contribution in [1.82, 2.24) is 4.98 Å². The van der Waals surface area contributed by atoms with E-state index in [0.29, 0.717) is 11.1 Å². The molecule has 1 aromatic carbocycles. The number of benzene rings is 1. The van der Waals surface area contributed by atoms with Gasteiger partial charge in [-0.2, -0.15) is 0 Å². The number of aromatic nitrogens is 1. The molecule has 1 N–H and O–H groups in total. The lowest BCUT2D eigenvalue weighted by Crippen LogP contribution is -2.25. The summed E-state index contributed by atoms with van der Waals surface area (Å²) in [4.78, 5) is 16.2. The molecule has 0 fully saturated rings. The molecule has 1 aliphatic heterocycles. The summed E-state index contributed by atoms with van der Waals surface area (Å²) < 4.78 is 35.1. The lowest BCUT2D eigenvalue weighted by atomic mass is 10.1. The van der Waals surface area contributed by atoms with Crippen LogP contribution < -0.4 is 14.8 Å². The monoisotopic (exact) mass is 412 g/mol. The second-order valence-electron chi connectivity index (χ2n) is 5.51. The van der Waals surface area contributed by atoms with Crippen LogP contribution in [0.2, 0.25) is 5.02 Å². The highest BCUT2D eigenvalue weighted by atomic mass is 35.5. The average molecular weight is 413 g/mol. The van der Waals surface area contributed by atoms with E-state index in [1.807, 2.05) is 0 Å². The van der Waals surface area contributed by atoms with Crippen LogP contribution in [0.5, 0.6) is 11.5 Å². The van der Waals surface area contributed by atoms with Crippen molar-refractivity contribution < 1.29 is 23.0 Å². The van der Waals surface area contributed by atoms with Crippen LogP contribution in [0, 0.1) is 0 Å². The molecule has 0 aliphatic carbocycles. The van der Waals surface area contributed by atoms with Crippen LogP contribution in [0.3, 0.4) is 0 Å². The van der Waals surface area contributed by atoms with E-state index in [4.69, 9.17) is 23.2 Å². The van der Waals surface area contributed by atoms with Crippen LogP contribution in [0.15, 0.2) is 53.7 Å². The number of carbonyl (C=O) groups is 1. The van der Waals surface area contributed by atoms with E-state index in [1.54, 1.807) is 13.0 Å². The maximum absolute atomic E-state index is 13.2. The van der Waals surface area contributed by atoms with E-state index in [2.05, 4.69) is 26.4 Å². The molecular formula is C18H12Cl2F2N2O3. The molecule has 3 rings (SSSR count). The summed E-state index contributed by atoms with van der Waals surface area (Å²) in [6.07, 6.45) is -0.932. The number of hydrogen-bond acceptors (Lipinski definition) is 4. The molecule has 1 amide bonds. The minimum Gasteiger partial charge on any atom is -0.395 e. The molecular weight excluding hydrogens is 401 g/mol. The zero-order chi connectivity index (χ0) is 19.8. The number of hydrogen-bond donors (Lipinski definition) is 1. The van der Waals surface area contributed by atoms with Gasteiger partial charge in [0.25, 0.3) is 5.91 Å². The summed E-state index contributed by atoms with van der Waals surface area (Å²) in [7, 11) is 0. The van der Waals surface area contributed by atoms with Crippen molar-refractivity contribution in [2.45, 2.75) is 13.2 Å². The van der Waals surface area contributed by atoms with Gasteiger partial charge in [-0.05, 0) is 25.1 Å². The summed E-state index contributed by atoms with van der Waals surface area (Å²) in [6, 6.07) is 5.75. The Morgan fingerprint density at radius 2 is 1.96 bits per heavy atom. The summed E-state index contributed by atoms with van der Waals surface area (Å²) in [5, 5.41) is 3.00. The quantitative estimate of drug-likeness (QED) is 0.542. The second kappa shape index (κ2) is 7.17. The van der Waals surface area contributed by atoms with Gasteiger partial charge in [0.1, 0.15) is 5.82 Å². The molecule has 2 heterocycles. The van der Waals surface area contributed by atoms with E-state index in [9.17, 15) is 13.6 Å². The third kappa shape index (κ3) is 4.04. The van der Waals surface area contributed by atoms with Crippen LogP contribution in [0.25, 0.3) is 11.1 Å². The van der Waals surface area contributed by atoms with Crippen molar-refractivity contribution in [3.8, 4) is 22.6 Å². The summed E-state index contributed by atoms with van der Waals surface area (Å²) in [5.41, 5.74) is 1.25. The molecule has 0 bridgehead atoms. The van der Waals surface area contributed by atoms with Crippen molar-refractivity contribution in [3.05, 3.63) is 58.7 Å². The number of nitrogens with one attached hydrogen (secondary N) is 1. The lowest BCUT2D eigenvalue weighted by Gasteiger charge is -2.08. The van der Waals surface area contributed by atoms with E-state index < -0.39 is 12.2 Å². The van der Waals surface area contributed by atoms with E-state index in [1.165, 1.54) is 30.5 Å². The zero-order valence-corrected chi connectivity index (χ0v) is 15.4. The first-order valence-electron chi connectivity index (χ1n) is 7.56. The van der Waals surface area contributed by atoms with Crippen LogP contribution >= 0.6 is 23.2 Å². The van der Waals surface area contributed by atoms with Gasteiger partial charge in [-0.15, -0.1) is 8.78 Å². The van der Waals surface area contributed by atoms with Gasteiger partial charge in [0.15, 0.2) is 11.5 Å². The van der Waals surface area contributed by atoms with Gasteiger partial charge in [0, 0.05) is 34.0 Å². The van der Waals surface area contributed by atoms with Crippen LogP contribution in [0.4, 0.5) is 14.6 Å². The predicted octanol–water partition coefficient (Wildman–Crippen LogP) is 5.36. The Bertz CT molecular complexity index is 960. The molecule has 140 valence electrons. The topological polar surface area (TPSA) is 60.5 Å². The first-order valence-corrected chi connectivity index (χ1v) is 8.32. The number of allylic oxidation sites excluding steroid dienone is 2. The molecule has 27 heavy (non-hydrogen) atoms. The molecule has 0 saturated heterocycles. The highest BCUT2D eigenvalue weighted by molar-refractivity contribution is 6.34. The molecule has 9 heteroatoms. The maximum Gasteiger partial charge on any atom is 0.586 e. The molecule has 1 aromatic heterocycles. The van der Waals surface area contributed by atoms with Crippen LogP contribution in [-0.4, -0.2) is 17.2 Å². The van der Waals surface area contributed by atoms with Gasteiger partial charge in [-0.3, -0.25) is 4.79 Å². The smallest absolute Gasteiger partial charge is 0.395 e. The number of nitrogens with zero attached hydrogens (tertiary/aromatic N) is 1. The summed E-state index contributed by atoms with van der Waals surface area (Å²) in [5.74, 6) is -0.424. The van der Waals surface area contributed by atoms with Crippen LogP contribution in [-0.2, 0) is 4.79 Å². The molecule has 0 unspecified atom stereocenters. The lowest BCUT2D eigenvalue weighted by molar-refractivity contribution is -0.286. The number of carbonyl (C=O) groups excluding carboxylic acids is 1. The molecule has 0 atom stereocenters.